The Morgan fingerprint density at radius 2 is 1.84 bits per heavy atom. The van der Waals surface area contributed by atoms with Crippen LogP contribution in [0.2, 0.25) is 0 Å². The molecule has 0 spiro atoms. The third-order valence-corrected chi connectivity index (χ3v) is 4.76. The first-order chi connectivity index (χ1) is 12.0. The molecule has 0 atom stereocenters. The highest BCUT2D eigenvalue weighted by atomic mass is 32.1. The Bertz CT molecular complexity index is 984. The van der Waals surface area contributed by atoms with Crippen LogP contribution in [-0.2, 0) is 16.1 Å². The van der Waals surface area contributed by atoms with Crippen LogP contribution in [0.1, 0.15) is 22.8 Å². The van der Waals surface area contributed by atoms with E-state index in [1.807, 2.05) is 47.9 Å². The van der Waals surface area contributed by atoms with Crippen molar-refractivity contribution in [1.29, 1.82) is 0 Å². The van der Waals surface area contributed by atoms with Gasteiger partial charge in [-0.25, -0.2) is 0 Å². The van der Waals surface area contributed by atoms with Gasteiger partial charge in [-0.1, -0.05) is 41.2 Å². The van der Waals surface area contributed by atoms with Crippen molar-refractivity contribution in [2.45, 2.75) is 20.4 Å². The fraction of sp³-hybridized carbons (Fsp3) is 0.211. The molecular formula is C19H18N2O3S. The smallest absolute Gasteiger partial charge is 0.302 e. The van der Waals surface area contributed by atoms with Gasteiger partial charge in [0, 0.05) is 12.5 Å². The van der Waals surface area contributed by atoms with E-state index in [0.717, 1.165) is 15.8 Å². The molecule has 0 bridgehead atoms. The Labute approximate surface area is 149 Å². The number of benzene rings is 2. The Hall–Kier alpha value is -2.73. The average molecular weight is 354 g/mol. The molecule has 0 aliphatic rings. The Kier molecular flexibility index (Phi) is 5.09. The van der Waals surface area contributed by atoms with E-state index >= 15 is 0 Å². The molecule has 0 saturated heterocycles. The quantitative estimate of drug-likeness (QED) is 0.675. The van der Waals surface area contributed by atoms with E-state index in [2.05, 4.69) is 4.99 Å². The lowest BCUT2D eigenvalue weighted by Crippen LogP contribution is -2.20. The van der Waals surface area contributed by atoms with Crippen molar-refractivity contribution >= 4 is 33.4 Å². The first-order valence-corrected chi connectivity index (χ1v) is 8.74. The van der Waals surface area contributed by atoms with E-state index in [0.29, 0.717) is 16.9 Å². The van der Waals surface area contributed by atoms with E-state index in [-0.39, 0.29) is 18.5 Å². The van der Waals surface area contributed by atoms with Gasteiger partial charge in [-0.2, -0.15) is 4.99 Å². The summed E-state index contributed by atoms with van der Waals surface area (Å²) < 4.78 is 7.98. The molecule has 25 heavy (non-hydrogen) atoms. The highest BCUT2D eigenvalue weighted by Gasteiger charge is 2.09. The van der Waals surface area contributed by atoms with Crippen LogP contribution < -0.4 is 4.80 Å². The van der Waals surface area contributed by atoms with E-state index in [4.69, 9.17) is 4.74 Å². The molecule has 3 aromatic rings. The van der Waals surface area contributed by atoms with E-state index in [1.165, 1.54) is 18.3 Å². The molecule has 0 aliphatic carbocycles. The number of fused-ring (bicyclic) bond motifs is 1. The second-order valence-electron chi connectivity index (χ2n) is 5.63. The van der Waals surface area contributed by atoms with Crippen LogP contribution in [0.3, 0.4) is 0 Å². The topological polar surface area (TPSA) is 60.7 Å². The van der Waals surface area contributed by atoms with Crippen molar-refractivity contribution in [1.82, 2.24) is 4.57 Å². The molecule has 2 aromatic carbocycles. The molecule has 6 heteroatoms. The van der Waals surface area contributed by atoms with Gasteiger partial charge < -0.3 is 9.30 Å². The molecule has 0 aliphatic heterocycles. The monoisotopic (exact) mass is 354 g/mol. The third kappa shape index (κ3) is 4.03. The fourth-order valence-corrected chi connectivity index (χ4v) is 3.50. The molecule has 0 unspecified atom stereocenters. The maximum Gasteiger partial charge on any atom is 0.302 e. The lowest BCUT2D eigenvalue weighted by molar-refractivity contribution is -0.141. The molecular weight excluding hydrogens is 336 g/mol. The Morgan fingerprint density at radius 1 is 1.12 bits per heavy atom. The number of ether oxygens (including phenoxy) is 1. The molecule has 3 rings (SSSR count). The third-order valence-electron chi connectivity index (χ3n) is 3.70. The number of rotatable bonds is 4. The maximum atomic E-state index is 12.5. The van der Waals surface area contributed by atoms with Gasteiger partial charge in [0.05, 0.1) is 16.8 Å². The van der Waals surface area contributed by atoms with Crippen LogP contribution in [0.4, 0.5) is 0 Å². The lowest BCUT2D eigenvalue weighted by atomic mass is 10.1. The minimum absolute atomic E-state index is 0.238. The number of hydrogen-bond acceptors (Lipinski definition) is 4. The number of aromatic nitrogens is 1. The number of esters is 1. The fourth-order valence-electron chi connectivity index (χ4n) is 2.45. The first-order valence-electron chi connectivity index (χ1n) is 7.92. The molecule has 128 valence electrons. The molecule has 0 fully saturated rings. The molecule has 1 aromatic heterocycles. The summed E-state index contributed by atoms with van der Waals surface area (Å²) in [6, 6.07) is 15.2. The Balaban J connectivity index is 2.00. The standard InChI is InChI=1S/C19H18N2O3S/c1-13-7-9-15(10-8-13)18(23)20-19-21(11-12-24-14(2)22)16-5-3-4-6-17(16)25-19/h3-10H,11-12H2,1-2H3. The molecule has 5 nitrogen and oxygen atoms in total. The van der Waals surface area contributed by atoms with Crippen molar-refractivity contribution in [3.8, 4) is 0 Å². The Morgan fingerprint density at radius 3 is 2.56 bits per heavy atom. The summed E-state index contributed by atoms with van der Waals surface area (Å²) in [7, 11) is 0. The van der Waals surface area contributed by atoms with Gasteiger partial charge in [0.2, 0.25) is 0 Å². The van der Waals surface area contributed by atoms with E-state index < -0.39 is 0 Å². The SMILES string of the molecule is CC(=O)OCCn1c(=NC(=O)c2ccc(C)cc2)sc2ccccc21. The minimum Gasteiger partial charge on any atom is -0.464 e. The van der Waals surface area contributed by atoms with Crippen LogP contribution in [0, 0.1) is 6.92 Å². The van der Waals surface area contributed by atoms with Crippen molar-refractivity contribution in [2.24, 2.45) is 4.99 Å². The van der Waals surface area contributed by atoms with E-state index in [1.54, 1.807) is 12.1 Å². The summed E-state index contributed by atoms with van der Waals surface area (Å²) in [4.78, 5) is 28.4. The van der Waals surface area contributed by atoms with Gasteiger partial charge in [0.15, 0.2) is 4.80 Å². The van der Waals surface area contributed by atoms with Crippen molar-refractivity contribution in [2.75, 3.05) is 6.61 Å². The highest BCUT2D eigenvalue weighted by Crippen LogP contribution is 2.17. The van der Waals surface area contributed by atoms with Crippen LogP contribution in [-0.4, -0.2) is 23.1 Å². The molecule has 1 amide bonds. The molecule has 1 heterocycles. The average Bonchev–Trinajstić information content (AvgIpc) is 2.92. The van der Waals surface area contributed by atoms with Gasteiger partial charge in [-0.15, -0.1) is 0 Å². The summed E-state index contributed by atoms with van der Waals surface area (Å²) in [6.07, 6.45) is 0. The summed E-state index contributed by atoms with van der Waals surface area (Å²) in [5, 5.41) is 0. The predicted molar refractivity (Wildman–Crippen MR) is 97.5 cm³/mol. The summed E-state index contributed by atoms with van der Waals surface area (Å²) >= 11 is 1.44. The van der Waals surface area contributed by atoms with Gasteiger partial charge in [0.25, 0.3) is 5.91 Å². The second kappa shape index (κ2) is 7.44. The summed E-state index contributed by atoms with van der Waals surface area (Å²) in [5.41, 5.74) is 2.61. The number of amides is 1. The molecule has 0 radical (unpaired) electrons. The number of para-hydroxylation sites is 1. The van der Waals surface area contributed by atoms with Gasteiger partial charge in [-0.3, -0.25) is 9.59 Å². The number of thiazole rings is 1. The van der Waals surface area contributed by atoms with Crippen molar-refractivity contribution in [3.63, 3.8) is 0 Å². The second-order valence-corrected chi connectivity index (χ2v) is 6.64. The number of aryl methyl sites for hydroxylation is 1. The largest absolute Gasteiger partial charge is 0.464 e. The molecule has 0 N–H and O–H groups in total. The van der Waals surface area contributed by atoms with Gasteiger partial charge >= 0.3 is 5.97 Å². The zero-order valence-electron chi connectivity index (χ0n) is 14.1. The predicted octanol–water partition coefficient (Wildman–Crippen LogP) is 3.32. The normalized spacial score (nSPS) is 11.7. The van der Waals surface area contributed by atoms with Crippen LogP contribution in [0.5, 0.6) is 0 Å². The van der Waals surface area contributed by atoms with Gasteiger partial charge in [-0.05, 0) is 31.2 Å². The number of nitrogens with zero attached hydrogens (tertiary/aromatic N) is 2. The van der Waals surface area contributed by atoms with Crippen LogP contribution >= 0.6 is 11.3 Å². The van der Waals surface area contributed by atoms with Crippen molar-refractivity contribution in [3.05, 3.63) is 64.5 Å². The zero-order valence-corrected chi connectivity index (χ0v) is 14.9. The summed E-state index contributed by atoms with van der Waals surface area (Å²) in [5.74, 6) is -0.609. The maximum absolute atomic E-state index is 12.5. The minimum atomic E-state index is -0.325. The van der Waals surface area contributed by atoms with Gasteiger partial charge in [0.1, 0.15) is 6.61 Å². The first kappa shape index (κ1) is 17.1. The highest BCUT2D eigenvalue weighted by molar-refractivity contribution is 7.16. The van der Waals surface area contributed by atoms with Crippen LogP contribution in [0.25, 0.3) is 10.2 Å². The van der Waals surface area contributed by atoms with Crippen molar-refractivity contribution < 1.29 is 14.3 Å². The number of carbonyl (C=O) groups excluding carboxylic acids is 2. The lowest BCUT2D eigenvalue weighted by Gasteiger charge is -2.05. The number of carbonyl (C=O) groups is 2. The number of hydrogen-bond donors (Lipinski definition) is 0. The van der Waals surface area contributed by atoms with E-state index in [9.17, 15) is 9.59 Å². The van der Waals surface area contributed by atoms with Crippen LogP contribution in [0.15, 0.2) is 53.5 Å². The molecule has 0 saturated carbocycles. The zero-order chi connectivity index (χ0) is 17.8. The summed E-state index contributed by atoms with van der Waals surface area (Å²) in [6.45, 7) is 4.04.